The molecule has 0 atom stereocenters. The number of carbonyl (C=O) groups is 1. The molecule has 1 aliphatic rings. The number of aromatic nitrogens is 2. The van der Waals surface area contributed by atoms with Crippen LogP contribution in [-0.2, 0) is 22.6 Å². The Bertz CT molecular complexity index is 517. The molecule has 0 amide bonds. The van der Waals surface area contributed by atoms with Crippen LogP contribution in [-0.4, -0.2) is 51.1 Å². The second-order valence-electron chi connectivity index (χ2n) is 6.35. The fourth-order valence-corrected chi connectivity index (χ4v) is 2.84. The molecule has 0 saturated carbocycles. The van der Waals surface area contributed by atoms with Gasteiger partial charge in [0.15, 0.2) is 0 Å². The molecule has 1 aliphatic heterocycles. The molecule has 0 radical (unpaired) electrons. The van der Waals surface area contributed by atoms with Gasteiger partial charge in [-0.3, -0.25) is 14.4 Å². The fourth-order valence-electron chi connectivity index (χ4n) is 2.84. The van der Waals surface area contributed by atoms with Gasteiger partial charge in [-0.15, -0.1) is 0 Å². The van der Waals surface area contributed by atoms with Crippen LogP contribution in [0.2, 0.25) is 0 Å². The van der Waals surface area contributed by atoms with E-state index in [0.29, 0.717) is 0 Å². The van der Waals surface area contributed by atoms with Gasteiger partial charge < -0.3 is 9.84 Å². The van der Waals surface area contributed by atoms with Crippen LogP contribution in [0.5, 0.6) is 0 Å². The molecule has 2 rings (SSSR count). The molecule has 0 unspecified atom stereocenters. The largest absolute Gasteiger partial charge is 0.462 e. The predicted molar refractivity (Wildman–Crippen MR) is 83.4 cm³/mol. The number of rotatable bonds is 5. The van der Waals surface area contributed by atoms with Gasteiger partial charge >= 0.3 is 5.97 Å². The summed E-state index contributed by atoms with van der Waals surface area (Å²) in [5.74, 6) is -0.256. The van der Waals surface area contributed by atoms with E-state index < -0.39 is 0 Å². The molecule has 1 aromatic rings. The Balaban J connectivity index is 2.02. The van der Waals surface area contributed by atoms with Crippen LogP contribution in [0.15, 0.2) is 0 Å². The first-order chi connectivity index (χ1) is 10.4. The number of hydrogen-bond donors (Lipinski definition) is 1. The van der Waals surface area contributed by atoms with Crippen LogP contribution in [0.1, 0.15) is 43.6 Å². The molecule has 0 aliphatic carbocycles. The van der Waals surface area contributed by atoms with E-state index in [0.717, 1.165) is 43.9 Å². The minimum absolute atomic E-state index is 0.108. The Morgan fingerprint density at radius 3 is 2.59 bits per heavy atom. The Labute approximate surface area is 132 Å². The Morgan fingerprint density at radius 2 is 2.00 bits per heavy atom. The van der Waals surface area contributed by atoms with E-state index in [1.54, 1.807) is 4.68 Å². The van der Waals surface area contributed by atoms with Crippen LogP contribution in [0.25, 0.3) is 0 Å². The summed E-state index contributed by atoms with van der Waals surface area (Å²) in [4.78, 5) is 14.1. The van der Waals surface area contributed by atoms with Crippen LogP contribution in [0, 0.1) is 13.8 Å². The summed E-state index contributed by atoms with van der Waals surface area (Å²) in [5.41, 5.74) is 3.15. The first kappa shape index (κ1) is 17.0. The smallest absolute Gasteiger partial charge is 0.328 e. The zero-order valence-electron chi connectivity index (χ0n) is 14.0. The Morgan fingerprint density at radius 1 is 1.36 bits per heavy atom. The van der Waals surface area contributed by atoms with Gasteiger partial charge in [0.05, 0.1) is 17.9 Å². The van der Waals surface area contributed by atoms with Gasteiger partial charge in [0, 0.05) is 30.9 Å². The number of ether oxygens (including phenoxy) is 1. The van der Waals surface area contributed by atoms with Crippen LogP contribution in [0.3, 0.4) is 0 Å². The number of esters is 1. The lowest BCUT2D eigenvalue weighted by molar-refractivity contribution is -0.148. The molecular formula is C16H27N3O3. The number of aliphatic hydroxyl groups excluding tert-OH is 1. The van der Waals surface area contributed by atoms with Crippen molar-refractivity contribution in [2.24, 2.45) is 0 Å². The normalized spacial score (nSPS) is 17.2. The van der Waals surface area contributed by atoms with Crippen molar-refractivity contribution in [1.29, 1.82) is 0 Å². The Hall–Kier alpha value is -1.40. The van der Waals surface area contributed by atoms with Gasteiger partial charge in [0.1, 0.15) is 6.54 Å². The SMILES string of the molecule is Cc1nn(CC(=O)OC(C)C)c(C)c1CN1CCC(O)CC1. The number of carbonyl (C=O) groups excluding carboxylic acids is 1. The first-order valence-electron chi connectivity index (χ1n) is 7.99. The molecule has 124 valence electrons. The maximum absolute atomic E-state index is 11.8. The summed E-state index contributed by atoms with van der Waals surface area (Å²) in [5, 5.41) is 14.1. The zero-order valence-corrected chi connectivity index (χ0v) is 14.0. The van der Waals surface area contributed by atoms with Gasteiger partial charge in [0.25, 0.3) is 0 Å². The lowest BCUT2D eigenvalue weighted by atomic mass is 10.1. The maximum Gasteiger partial charge on any atom is 0.328 e. The monoisotopic (exact) mass is 309 g/mol. The predicted octanol–water partition coefficient (Wildman–Crippen LogP) is 1.41. The highest BCUT2D eigenvalue weighted by Crippen LogP contribution is 2.19. The third-order valence-corrected chi connectivity index (χ3v) is 4.12. The third kappa shape index (κ3) is 4.30. The number of aliphatic hydroxyl groups is 1. The van der Waals surface area contributed by atoms with E-state index >= 15 is 0 Å². The minimum Gasteiger partial charge on any atom is -0.462 e. The lowest BCUT2D eigenvalue weighted by Gasteiger charge is -2.29. The van der Waals surface area contributed by atoms with Crippen molar-refractivity contribution in [2.45, 2.75) is 65.8 Å². The average molecular weight is 309 g/mol. The quantitative estimate of drug-likeness (QED) is 0.833. The summed E-state index contributed by atoms with van der Waals surface area (Å²) in [7, 11) is 0. The highest BCUT2D eigenvalue weighted by Gasteiger charge is 2.21. The van der Waals surface area contributed by atoms with Crippen molar-refractivity contribution in [1.82, 2.24) is 14.7 Å². The van der Waals surface area contributed by atoms with Crippen molar-refractivity contribution >= 4 is 5.97 Å². The van der Waals surface area contributed by atoms with E-state index in [1.807, 2.05) is 27.7 Å². The second kappa shape index (κ2) is 7.24. The first-order valence-corrected chi connectivity index (χ1v) is 7.99. The maximum atomic E-state index is 11.8. The molecule has 2 heterocycles. The molecule has 0 bridgehead atoms. The highest BCUT2D eigenvalue weighted by molar-refractivity contribution is 5.69. The van der Waals surface area contributed by atoms with Gasteiger partial charge in [-0.2, -0.15) is 5.10 Å². The third-order valence-electron chi connectivity index (χ3n) is 4.12. The summed E-state index contributed by atoms with van der Waals surface area (Å²) in [6, 6.07) is 0. The van der Waals surface area contributed by atoms with E-state index in [4.69, 9.17) is 4.74 Å². The molecule has 22 heavy (non-hydrogen) atoms. The minimum atomic E-state index is -0.256. The van der Waals surface area contributed by atoms with Crippen molar-refractivity contribution in [3.05, 3.63) is 17.0 Å². The van der Waals surface area contributed by atoms with Crippen LogP contribution in [0.4, 0.5) is 0 Å². The summed E-state index contributed by atoms with van der Waals surface area (Å²) < 4.78 is 6.91. The zero-order chi connectivity index (χ0) is 16.3. The van der Waals surface area contributed by atoms with Crippen molar-refractivity contribution in [3.8, 4) is 0 Å². The number of nitrogens with zero attached hydrogens (tertiary/aromatic N) is 3. The number of hydrogen-bond acceptors (Lipinski definition) is 5. The molecule has 6 heteroatoms. The summed E-state index contributed by atoms with van der Waals surface area (Å²) >= 11 is 0. The van der Waals surface area contributed by atoms with Crippen LogP contribution >= 0.6 is 0 Å². The lowest BCUT2D eigenvalue weighted by Crippen LogP contribution is -2.35. The Kier molecular flexibility index (Phi) is 5.58. The fraction of sp³-hybridized carbons (Fsp3) is 0.750. The molecule has 1 N–H and O–H groups in total. The molecular weight excluding hydrogens is 282 g/mol. The topological polar surface area (TPSA) is 67.6 Å². The van der Waals surface area contributed by atoms with Gasteiger partial charge in [-0.1, -0.05) is 0 Å². The van der Waals surface area contributed by atoms with Gasteiger partial charge in [-0.05, 0) is 40.5 Å². The number of likely N-dealkylation sites (tertiary alicyclic amines) is 1. The van der Waals surface area contributed by atoms with Crippen molar-refractivity contribution in [3.63, 3.8) is 0 Å². The highest BCUT2D eigenvalue weighted by atomic mass is 16.5. The summed E-state index contributed by atoms with van der Waals surface area (Å²) in [6.45, 7) is 10.4. The van der Waals surface area contributed by atoms with E-state index in [9.17, 15) is 9.90 Å². The molecule has 0 aromatic carbocycles. The van der Waals surface area contributed by atoms with Crippen LogP contribution < -0.4 is 0 Å². The standard InChI is InChI=1S/C16H27N3O3/c1-11(2)22-16(21)10-19-13(4)15(12(3)17-19)9-18-7-5-14(20)6-8-18/h11,14,20H,5-10H2,1-4H3. The van der Waals surface area contributed by atoms with Crippen molar-refractivity contribution in [2.75, 3.05) is 13.1 Å². The second-order valence-corrected chi connectivity index (χ2v) is 6.35. The average Bonchev–Trinajstić information content (AvgIpc) is 2.68. The van der Waals surface area contributed by atoms with E-state index in [2.05, 4.69) is 10.00 Å². The van der Waals surface area contributed by atoms with Gasteiger partial charge in [0.2, 0.25) is 0 Å². The van der Waals surface area contributed by atoms with E-state index in [1.165, 1.54) is 5.56 Å². The molecule has 6 nitrogen and oxygen atoms in total. The van der Waals surface area contributed by atoms with E-state index in [-0.39, 0.29) is 24.7 Å². The molecule has 0 spiro atoms. The molecule has 1 aromatic heterocycles. The summed E-state index contributed by atoms with van der Waals surface area (Å²) in [6.07, 6.45) is 1.38. The molecule has 1 saturated heterocycles. The number of aryl methyl sites for hydroxylation is 1. The number of piperidine rings is 1. The van der Waals surface area contributed by atoms with Crippen molar-refractivity contribution < 1.29 is 14.6 Å². The molecule has 1 fully saturated rings. The van der Waals surface area contributed by atoms with Gasteiger partial charge in [-0.25, -0.2) is 0 Å².